The van der Waals surface area contributed by atoms with E-state index in [1.165, 1.54) is 11.1 Å². The molecular weight excluding hydrogens is 209 g/mol. The van der Waals surface area contributed by atoms with E-state index in [0.29, 0.717) is 0 Å². The van der Waals surface area contributed by atoms with Crippen LogP contribution < -0.4 is 8.96 Å². The first-order chi connectivity index (χ1) is 8.20. The number of hydrogen-bond acceptors (Lipinski definition) is 1. The van der Waals surface area contributed by atoms with E-state index in [-0.39, 0.29) is 6.98 Å². The zero-order valence-corrected chi connectivity index (χ0v) is 10.0. The van der Waals surface area contributed by atoms with Crippen LogP contribution in [0.1, 0.15) is 11.1 Å². The Hall–Kier alpha value is -2.15. The Labute approximate surface area is 102 Å². The minimum absolute atomic E-state index is 0.337. The molecule has 2 rings (SSSR count). The lowest BCUT2D eigenvalue weighted by Crippen LogP contribution is -2.68. The second-order valence-corrected chi connectivity index (χ2v) is 4.15. The molecule has 0 spiro atoms. The number of hydrogen-bond donors (Lipinski definition) is 0. The smallest absolute Gasteiger partial charge is 0.366 e. The Morgan fingerprint density at radius 1 is 0.882 bits per heavy atom. The topological polar surface area (TPSA) is 31.5 Å². The highest BCUT2D eigenvalue weighted by Gasteiger charge is 2.25. The molecule has 2 aromatic rings. The van der Waals surface area contributed by atoms with Gasteiger partial charge in [-0.1, -0.05) is 0 Å². The van der Waals surface area contributed by atoms with Crippen LogP contribution in [-0.2, 0) is 0 Å². The lowest BCUT2D eigenvalue weighted by atomic mass is 9.78. The van der Waals surface area contributed by atoms with Crippen molar-refractivity contribution >= 4 is 6.98 Å². The van der Waals surface area contributed by atoms with Crippen LogP contribution in [0.3, 0.4) is 0 Å². The van der Waals surface area contributed by atoms with Crippen LogP contribution >= 0.6 is 0 Å². The van der Waals surface area contributed by atoms with E-state index in [9.17, 15) is 5.26 Å². The second kappa shape index (κ2) is 4.79. The lowest BCUT2D eigenvalue weighted by molar-refractivity contribution is -0.669. The van der Waals surface area contributed by atoms with E-state index in [4.69, 9.17) is 0 Å². The highest BCUT2D eigenvalue weighted by molar-refractivity contribution is 6.48. The molecule has 4 heteroatoms. The maximum atomic E-state index is 9.28. The molecule has 0 aliphatic carbocycles. The number of aryl methyl sites for hydroxylation is 2. The molecule has 0 atom stereocenters. The Morgan fingerprint density at radius 2 is 1.24 bits per heavy atom. The maximum Gasteiger partial charge on any atom is 0.673 e. The summed E-state index contributed by atoms with van der Waals surface area (Å²) in [6.07, 6.45) is 7.71. The molecule has 0 aliphatic heterocycles. The molecule has 0 aliphatic rings. The van der Waals surface area contributed by atoms with Crippen LogP contribution in [0, 0.1) is 25.1 Å². The number of pyridine rings is 2. The van der Waals surface area contributed by atoms with Gasteiger partial charge in [0.15, 0.2) is 0 Å². The zero-order chi connectivity index (χ0) is 12.3. The minimum Gasteiger partial charge on any atom is -0.366 e. The van der Waals surface area contributed by atoms with E-state index in [1.807, 2.05) is 71.9 Å². The van der Waals surface area contributed by atoms with Crippen molar-refractivity contribution in [1.82, 2.24) is 0 Å². The van der Waals surface area contributed by atoms with Gasteiger partial charge in [-0.25, -0.2) is 5.26 Å². The van der Waals surface area contributed by atoms with Crippen molar-refractivity contribution in [2.45, 2.75) is 13.8 Å². The first-order valence-electron chi connectivity index (χ1n) is 5.55. The van der Waals surface area contributed by atoms with Gasteiger partial charge in [-0.2, -0.15) is 0 Å². The van der Waals surface area contributed by atoms with Crippen molar-refractivity contribution in [3.63, 3.8) is 0 Å². The SMILES string of the molecule is Cc1cc[n+]([B-](C#N)[n+]2ccc(C)cc2)cc1. The van der Waals surface area contributed by atoms with E-state index in [2.05, 4.69) is 5.97 Å². The summed E-state index contributed by atoms with van der Waals surface area (Å²) in [5, 5.41) is 9.28. The van der Waals surface area contributed by atoms with Gasteiger partial charge in [0.1, 0.15) is 24.8 Å². The Kier molecular flexibility index (Phi) is 3.20. The zero-order valence-electron chi connectivity index (χ0n) is 10.0. The second-order valence-electron chi connectivity index (χ2n) is 4.15. The number of nitrogens with zero attached hydrogens (tertiary/aromatic N) is 3. The maximum absolute atomic E-state index is 9.28. The van der Waals surface area contributed by atoms with Gasteiger partial charge in [0.25, 0.3) is 0 Å². The first kappa shape index (κ1) is 11.3. The van der Waals surface area contributed by atoms with Crippen LogP contribution in [0.5, 0.6) is 0 Å². The fraction of sp³-hybridized carbons (Fsp3) is 0.154. The molecule has 2 aromatic heterocycles. The van der Waals surface area contributed by atoms with Gasteiger partial charge in [0.2, 0.25) is 0 Å². The summed E-state index contributed by atoms with van der Waals surface area (Å²) in [5.41, 5.74) is 2.37. The molecule has 0 bridgehead atoms. The molecule has 0 aromatic carbocycles. The molecule has 1 radical (unpaired) electrons. The van der Waals surface area contributed by atoms with Crippen LogP contribution in [-0.4, -0.2) is 6.98 Å². The van der Waals surface area contributed by atoms with E-state index >= 15 is 0 Å². The van der Waals surface area contributed by atoms with E-state index < -0.39 is 0 Å². The predicted octanol–water partition coefficient (Wildman–Crippen LogP) is 0.826. The lowest BCUT2D eigenvalue weighted by Gasteiger charge is -2.08. The quantitative estimate of drug-likeness (QED) is 0.693. The average molecular weight is 223 g/mol. The van der Waals surface area contributed by atoms with Crippen molar-refractivity contribution < 1.29 is 8.96 Å². The van der Waals surface area contributed by atoms with E-state index in [0.717, 1.165) is 0 Å². The van der Waals surface area contributed by atoms with Gasteiger partial charge < -0.3 is 8.96 Å². The fourth-order valence-electron chi connectivity index (χ4n) is 1.64. The summed E-state index contributed by atoms with van der Waals surface area (Å²) in [6, 6.07) is 8.00. The molecule has 17 heavy (non-hydrogen) atoms. The predicted molar refractivity (Wildman–Crippen MR) is 64.9 cm³/mol. The molecule has 3 nitrogen and oxygen atoms in total. The molecule has 0 saturated heterocycles. The normalized spacial score (nSPS) is 10.2. The largest absolute Gasteiger partial charge is 0.673 e. The molecule has 0 fully saturated rings. The third-order valence-electron chi connectivity index (χ3n) is 2.72. The summed E-state index contributed by atoms with van der Waals surface area (Å²) >= 11 is 0. The standard InChI is InChI=1S/C13H14BN3/c1-12-3-7-16(8-4-12)14(11-15)17-9-5-13(2)6-10-17/h3-10H,1-2H3/q+1. The molecule has 0 N–H and O–H groups in total. The summed E-state index contributed by atoms with van der Waals surface area (Å²) in [4.78, 5) is 0. The van der Waals surface area contributed by atoms with Crippen LogP contribution in [0.25, 0.3) is 0 Å². The Bertz CT molecular complexity index is 495. The Morgan fingerprint density at radius 3 is 1.53 bits per heavy atom. The summed E-state index contributed by atoms with van der Waals surface area (Å²) in [6.45, 7) is 3.73. The van der Waals surface area contributed by atoms with Crippen molar-refractivity contribution in [2.24, 2.45) is 0 Å². The van der Waals surface area contributed by atoms with Crippen molar-refractivity contribution in [1.29, 1.82) is 5.26 Å². The number of aromatic nitrogens is 2. The number of rotatable bonds is 2. The van der Waals surface area contributed by atoms with E-state index in [1.54, 1.807) is 0 Å². The van der Waals surface area contributed by atoms with Gasteiger partial charge in [0.05, 0.1) is 0 Å². The molecule has 0 amide bonds. The molecular formula is C13H14BN3+. The third kappa shape index (κ3) is 2.51. The summed E-state index contributed by atoms with van der Waals surface area (Å²) < 4.78 is 3.78. The monoisotopic (exact) mass is 223 g/mol. The molecule has 83 valence electrons. The number of nitriles is 1. The van der Waals surface area contributed by atoms with Crippen molar-refractivity contribution in [3.05, 3.63) is 60.2 Å². The summed E-state index contributed by atoms with van der Waals surface area (Å²) in [7, 11) is 0. The molecule has 0 unspecified atom stereocenters. The minimum atomic E-state index is -0.337. The Balaban J connectivity index is 2.37. The van der Waals surface area contributed by atoms with Crippen LogP contribution in [0.15, 0.2) is 49.1 Å². The van der Waals surface area contributed by atoms with Crippen molar-refractivity contribution in [3.8, 4) is 5.97 Å². The average Bonchev–Trinajstić information content (AvgIpc) is 2.35. The first-order valence-corrected chi connectivity index (χ1v) is 5.55. The van der Waals surface area contributed by atoms with Gasteiger partial charge in [0, 0.05) is 24.3 Å². The third-order valence-corrected chi connectivity index (χ3v) is 2.72. The molecule has 0 saturated carbocycles. The molecule has 2 heterocycles. The van der Waals surface area contributed by atoms with Gasteiger partial charge >= 0.3 is 6.98 Å². The van der Waals surface area contributed by atoms with Gasteiger partial charge in [-0.3, -0.25) is 0 Å². The van der Waals surface area contributed by atoms with Gasteiger partial charge in [-0.05, 0) is 30.9 Å². The van der Waals surface area contributed by atoms with Gasteiger partial charge in [-0.15, -0.1) is 0 Å². The van der Waals surface area contributed by atoms with Crippen molar-refractivity contribution in [2.75, 3.05) is 0 Å². The highest BCUT2D eigenvalue weighted by atomic mass is 15.0. The fourth-order valence-corrected chi connectivity index (χ4v) is 1.64. The summed E-state index contributed by atoms with van der Waals surface area (Å²) in [5.74, 6) is 2.30. The highest BCUT2D eigenvalue weighted by Crippen LogP contribution is 1.92. The van der Waals surface area contributed by atoms with Crippen LogP contribution in [0.4, 0.5) is 0 Å². The van der Waals surface area contributed by atoms with Crippen LogP contribution in [0.2, 0.25) is 0 Å².